The molecule has 0 amide bonds. The standard InChI is InChI=1S/C15H16F3NOS/c1-2-9-21-14-8-5-12(10-19-14)11-3-6-13(7-4-11)20-15(16,17)18/h3-8,12H,2,9-10H2,1H3. The molecule has 21 heavy (non-hydrogen) atoms. The molecule has 1 aliphatic rings. The van der Waals surface area contributed by atoms with E-state index in [1.165, 1.54) is 12.1 Å². The third kappa shape index (κ3) is 5.12. The van der Waals surface area contributed by atoms with E-state index >= 15 is 0 Å². The number of hydrogen-bond donors (Lipinski definition) is 0. The zero-order chi connectivity index (χ0) is 15.3. The molecule has 0 N–H and O–H groups in total. The molecule has 0 aliphatic carbocycles. The quantitative estimate of drug-likeness (QED) is 0.797. The van der Waals surface area contributed by atoms with Crippen LogP contribution in [0, 0.1) is 0 Å². The number of thioether (sulfide) groups is 1. The summed E-state index contributed by atoms with van der Waals surface area (Å²) in [5, 5.41) is 1.02. The molecular weight excluding hydrogens is 299 g/mol. The first-order valence-corrected chi connectivity index (χ1v) is 7.67. The van der Waals surface area contributed by atoms with Gasteiger partial charge in [0, 0.05) is 5.92 Å². The van der Waals surface area contributed by atoms with Crippen molar-refractivity contribution >= 4 is 16.8 Å². The summed E-state index contributed by atoms with van der Waals surface area (Å²) in [6, 6.07) is 5.97. The first-order valence-electron chi connectivity index (χ1n) is 6.69. The highest BCUT2D eigenvalue weighted by Crippen LogP contribution is 2.27. The van der Waals surface area contributed by atoms with Gasteiger partial charge in [-0.2, -0.15) is 0 Å². The van der Waals surface area contributed by atoms with Crippen LogP contribution in [0.5, 0.6) is 5.75 Å². The molecule has 114 valence electrons. The number of rotatable bonds is 4. The SMILES string of the molecule is CCCSC1=NCC(c2ccc(OC(F)(F)F)cc2)C=C1. The summed E-state index contributed by atoms with van der Waals surface area (Å²) in [5.74, 6) is 0.946. The minimum absolute atomic E-state index is 0.107. The van der Waals surface area contributed by atoms with Gasteiger partial charge in [-0.25, -0.2) is 0 Å². The van der Waals surface area contributed by atoms with Crippen LogP contribution in [-0.4, -0.2) is 23.7 Å². The van der Waals surface area contributed by atoms with Gasteiger partial charge >= 0.3 is 6.36 Å². The summed E-state index contributed by atoms with van der Waals surface area (Å²) in [5.41, 5.74) is 0.934. The Morgan fingerprint density at radius 2 is 2.00 bits per heavy atom. The fraction of sp³-hybridized carbons (Fsp3) is 0.400. The van der Waals surface area contributed by atoms with E-state index in [2.05, 4.69) is 16.7 Å². The van der Waals surface area contributed by atoms with Crippen LogP contribution in [0.4, 0.5) is 13.2 Å². The van der Waals surface area contributed by atoms with E-state index in [1.54, 1.807) is 23.9 Å². The average Bonchev–Trinajstić information content (AvgIpc) is 2.45. The molecule has 1 unspecified atom stereocenters. The monoisotopic (exact) mass is 315 g/mol. The molecule has 0 saturated carbocycles. The maximum absolute atomic E-state index is 12.1. The van der Waals surface area contributed by atoms with Gasteiger partial charge in [-0.05, 0) is 35.9 Å². The second-order valence-electron chi connectivity index (χ2n) is 4.61. The Hall–Kier alpha value is -1.43. The Morgan fingerprint density at radius 1 is 1.29 bits per heavy atom. The smallest absolute Gasteiger partial charge is 0.406 e. The molecule has 0 saturated heterocycles. The van der Waals surface area contributed by atoms with Crippen LogP contribution in [-0.2, 0) is 0 Å². The lowest BCUT2D eigenvalue weighted by Gasteiger charge is -2.16. The number of alkyl halides is 3. The molecule has 0 radical (unpaired) electrons. The summed E-state index contributed by atoms with van der Waals surface area (Å²) >= 11 is 1.72. The first kappa shape index (κ1) is 15.9. The summed E-state index contributed by atoms with van der Waals surface area (Å²) in [6.07, 6.45) is 0.475. The predicted molar refractivity (Wildman–Crippen MR) is 80.1 cm³/mol. The number of aliphatic imine (C=N–C) groups is 1. The van der Waals surface area contributed by atoms with Crippen LogP contribution >= 0.6 is 11.8 Å². The van der Waals surface area contributed by atoms with Crippen molar-refractivity contribution in [1.82, 2.24) is 0 Å². The molecular formula is C15H16F3NOS. The van der Waals surface area contributed by atoms with Gasteiger partial charge < -0.3 is 4.74 Å². The van der Waals surface area contributed by atoms with Crippen molar-refractivity contribution in [2.45, 2.75) is 25.6 Å². The number of nitrogens with zero attached hydrogens (tertiary/aromatic N) is 1. The van der Waals surface area contributed by atoms with Gasteiger partial charge in [0.1, 0.15) is 5.75 Å². The molecule has 0 bridgehead atoms. The lowest BCUT2D eigenvalue weighted by molar-refractivity contribution is -0.274. The van der Waals surface area contributed by atoms with E-state index in [4.69, 9.17) is 0 Å². The Bertz CT molecular complexity index is 523. The molecule has 1 aliphatic heterocycles. The molecule has 6 heteroatoms. The largest absolute Gasteiger partial charge is 0.573 e. The number of dihydropyridines is 1. The molecule has 1 aromatic rings. The first-order chi connectivity index (χ1) is 9.98. The fourth-order valence-electron chi connectivity index (χ4n) is 1.93. The van der Waals surface area contributed by atoms with Crippen LogP contribution in [0.3, 0.4) is 0 Å². The number of benzene rings is 1. The molecule has 1 aromatic carbocycles. The molecule has 1 atom stereocenters. The highest BCUT2D eigenvalue weighted by Gasteiger charge is 2.31. The van der Waals surface area contributed by atoms with Gasteiger partial charge in [-0.3, -0.25) is 4.99 Å². The number of ether oxygens (including phenoxy) is 1. The number of hydrogen-bond acceptors (Lipinski definition) is 3. The van der Waals surface area contributed by atoms with Crippen LogP contribution in [0.2, 0.25) is 0 Å². The summed E-state index contributed by atoms with van der Waals surface area (Å²) in [4.78, 5) is 4.49. The fourth-order valence-corrected chi connectivity index (χ4v) is 2.69. The molecule has 1 heterocycles. The third-order valence-electron chi connectivity index (χ3n) is 2.91. The predicted octanol–water partition coefficient (Wildman–Crippen LogP) is 4.78. The zero-order valence-electron chi connectivity index (χ0n) is 11.6. The van der Waals surface area contributed by atoms with E-state index < -0.39 is 6.36 Å². The third-order valence-corrected chi connectivity index (χ3v) is 4.08. The van der Waals surface area contributed by atoms with E-state index in [9.17, 15) is 13.2 Å². The van der Waals surface area contributed by atoms with Crippen molar-refractivity contribution in [3.05, 3.63) is 42.0 Å². The summed E-state index contributed by atoms with van der Waals surface area (Å²) < 4.78 is 40.1. The zero-order valence-corrected chi connectivity index (χ0v) is 12.4. The normalized spacial score (nSPS) is 18.5. The molecule has 0 aromatic heterocycles. The van der Waals surface area contributed by atoms with Crippen LogP contribution in [0.1, 0.15) is 24.8 Å². The molecule has 2 nitrogen and oxygen atoms in total. The Labute approximate surface area is 126 Å². The van der Waals surface area contributed by atoms with E-state index in [1.807, 2.05) is 12.2 Å². The van der Waals surface area contributed by atoms with Crippen molar-refractivity contribution in [2.75, 3.05) is 12.3 Å². The average molecular weight is 315 g/mol. The topological polar surface area (TPSA) is 21.6 Å². The van der Waals surface area contributed by atoms with Crippen molar-refractivity contribution in [3.8, 4) is 5.75 Å². The van der Waals surface area contributed by atoms with Crippen LogP contribution in [0.25, 0.3) is 0 Å². The van der Waals surface area contributed by atoms with Crippen molar-refractivity contribution in [2.24, 2.45) is 4.99 Å². The minimum atomic E-state index is -4.65. The maximum atomic E-state index is 12.1. The highest BCUT2D eigenvalue weighted by molar-refractivity contribution is 8.14. The van der Waals surface area contributed by atoms with Crippen LogP contribution < -0.4 is 4.74 Å². The number of halogens is 3. The second kappa shape index (κ2) is 7.02. The van der Waals surface area contributed by atoms with Crippen LogP contribution in [0.15, 0.2) is 41.4 Å². The van der Waals surface area contributed by atoms with Gasteiger partial charge in [0.25, 0.3) is 0 Å². The van der Waals surface area contributed by atoms with Gasteiger partial charge in [-0.1, -0.05) is 25.1 Å². The molecule has 0 fully saturated rings. The minimum Gasteiger partial charge on any atom is -0.406 e. The molecule has 2 rings (SSSR count). The van der Waals surface area contributed by atoms with Crippen molar-refractivity contribution in [3.63, 3.8) is 0 Å². The van der Waals surface area contributed by atoms with E-state index in [-0.39, 0.29) is 11.7 Å². The highest BCUT2D eigenvalue weighted by atomic mass is 32.2. The molecule has 0 spiro atoms. The van der Waals surface area contributed by atoms with Crippen molar-refractivity contribution in [1.29, 1.82) is 0 Å². The van der Waals surface area contributed by atoms with E-state index in [0.29, 0.717) is 6.54 Å². The van der Waals surface area contributed by atoms with Crippen molar-refractivity contribution < 1.29 is 17.9 Å². The second-order valence-corrected chi connectivity index (χ2v) is 5.73. The lowest BCUT2D eigenvalue weighted by Crippen LogP contribution is -2.17. The van der Waals surface area contributed by atoms with Gasteiger partial charge in [-0.15, -0.1) is 24.9 Å². The van der Waals surface area contributed by atoms with Gasteiger partial charge in [0.15, 0.2) is 0 Å². The maximum Gasteiger partial charge on any atom is 0.573 e. The van der Waals surface area contributed by atoms with Gasteiger partial charge in [0.2, 0.25) is 0 Å². The Balaban J connectivity index is 1.95. The Morgan fingerprint density at radius 3 is 2.52 bits per heavy atom. The summed E-state index contributed by atoms with van der Waals surface area (Å²) in [6.45, 7) is 2.75. The van der Waals surface area contributed by atoms with E-state index in [0.717, 1.165) is 22.8 Å². The lowest BCUT2D eigenvalue weighted by atomic mass is 9.97. The Kier molecular flexibility index (Phi) is 5.33. The summed E-state index contributed by atoms with van der Waals surface area (Å²) in [7, 11) is 0. The van der Waals surface area contributed by atoms with Gasteiger partial charge in [0.05, 0.1) is 11.6 Å².